The van der Waals surface area contributed by atoms with Gasteiger partial charge in [0.25, 0.3) is 5.56 Å². The summed E-state index contributed by atoms with van der Waals surface area (Å²) in [5.74, 6) is -0.672. The molecule has 0 aliphatic heterocycles. The van der Waals surface area contributed by atoms with E-state index >= 15 is 0 Å². The van der Waals surface area contributed by atoms with Crippen LogP contribution < -0.4 is 11.3 Å². The van der Waals surface area contributed by atoms with E-state index in [1.807, 2.05) is 50.6 Å². The topological polar surface area (TPSA) is 93.8 Å². The minimum atomic E-state index is -4.55. The summed E-state index contributed by atoms with van der Waals surface area (Å²) in [5, 5.41) is 0.620. The number of aromatic amines is 1. The highest BCUT2D eigenvalue weighted by Crippen LogP contribution is 2.35. The maximum atomic E-state index is 13.0. The molecule has 1 aromatic carbocycles. The zero-order chi connectivity index (χ0) is 25.7. The van der Waals surface area contributed by atoms with Gasteiger partial charge in [0.15, 0.2) is 0 Å². The number of rotatable bonds is 5. The number of hydrogen-bond donors (Lipinski definition) is 2. The molecule has 3 heterocycles. The van der Waals surface area contributed by atoms with Crippen molar-refractivity contribution in [3.05, 3.63) is 86.7 Å². The SMILES string of the molecule is Cc1cc(C)c(Cc2cn(C(C)C)c3cc(-c4ccc(C(F)(F)F)nc4)cc(C(N)=O)c23)c(=O)[nH]1. The summed E-state index contributed by atoms with van der Waals surface area (Å²) in [6, 6.07) is 7.49. The third-order valence-electron chi connectivity index (χ3n) is 6.08. The molecule has 4 aromatic rings. The third-order valence-corrected chi connectivity index (χ3v) is 6.08. The van der Waals surface area contributed by atoms with Crippen molar-refractivity contribution in [2.75, 3.05) is 0 Å². The zero-order valence-corrected chi connectivity index (χ0v) is 19.7. The van der Waals surface area contributed by atoms with Crippen LogP contribution in [0.5, 0.6) is 0 Å². The van der Waals surface area contributed by atoms with E-state index < -0.39 is 17.8 Å². The number of aryl methyl sites for hydroxylation is 2. The highest BCUT2D eigenvalue weighted by Gasteiger charge is 2.32. The molecule has 4 rings (SSSR count). The predicted octanol–water partition coefficient (Wildman–Crippen LogP) is 5.30. The van der Waals surface area contributed by atoms with Gasteiger partial charge in [0.05, 0.1) is 0 Å². The molecule has 0 fully saturated rings. The molecule has 0 radical (unpaired) electrons. The summed E-state index contributed by atoms with van der Waals surface area (Å²) in [5.41, 5.74) is 9.38. The Bertz CT molecular complexity index is 1500. The fourth-order valence-corrected chi connectivity index (χ4v) is 4.42. The summed E-state index contributed by atoms with van der Waals surface area (Å²) >= 11 is 0. The summed E-state index contributed by atoms with van der Waals surface area (Å²) in [4.78, 5) is 31.5. The van der Waals surface area contributed by atoms with Crippen LogP contribution in [-0.4, -0.2) is 20.4 Å². The molecule has 1 amide bonds. The van der Waals surface area contributed by atoms with E-state index in [1.165, 1.54) is 6.07 Å². The van der Waals surface area contributed by atoms with Crippen LogP contribution >= 0.6 is 0 Å². The average molecular weight is 483 g/mol. The van der Waals surface area contributed by atoms with Crippen LogP contribution in [0.2, 0.25) is 0 Å². The van der Waals surface area contributed by atoms with Gasteiger partial charge >= 0.3 is 6.18 Å². The number of nitrogens with one attached hydrogen (secondary N) is 1. The van der Waals surface area contributed by atoms with Gasteiger partial charge in [0.2, 0.25) is 5.91 Å². The van der Waals surface area contributed by atoms with Gasteiger partial charge in [0, 0.05) is 58.1 Å². The van der Waals surface area contributed by atoms with Gasteiger partial charge in [-0.1, -0.05) is 6.07 Å². The zero-order valence-electron chi connectivity index (χ0n) is 19.7. The van der Waals surface area contributed by atoms with Gasteiger partial charge in [-0.05, 0) is 68.7 Å². The van der Waals surface area contributed by atoms with Crippen LogP contribution in [-0.2, 0) is 12.6 Å². The number of amides is 1. The number of benzene rings is 1. The Hall–Kier alpha value is -3.88. The highest BCUT2D eigenvalue weighted by molar-refractivity contribution is 6.09. The van der Waals surface area contributed by atoms with Gasteiger partial charge in [-0.15, -0.1) is 0 Å². The predicted molar refractivity (Wildman–Crippen MR) is 128 cm³/mol. The van der Waals surface area contributed by atoms with Crippen LogP contribution in [0.3, 0.4) is 0 Å². The number of alkyl halides is 3. The Labute approximate surface area is 199 Å². The van der Waals surface area contributed by atoms with Crippen molar-refractivity contribution < 1.29 is 18.0 Å². The first-order valence-corrected chi connectivity index (χ1v) is 11.1. The molecule has 0 aliphatic carbocycles. The molecule has 0 unspecified atom stereocenters. The van der Waals surface area contributed by atoms with Crippen molar-refractivity contribution in [2.24, 2.45) is 5.73 Å². The number of pyridine rings is 2. The van der Waals surface area contributed by atoms with E-state index in [-0.39, 0.29) is 17.2 Å². The van der Waals surface area contributed by atoms with E-state index in [9.17, 15) is 22.8 Å². The molecule has 0 spiro atoms. The number of primary amides is 1. The number of halogens is 3. The number of aromatic nitrogens is 3. The summed E-state index contributed by atoms with van der Waals surface area (Å²) in [7, 11) is 0. The molecule has 9 heteroatoms. The number of nitrogens with two attached hydrogens (primary N) is 1. The Kier molecular flexibility index (Phi) is 6.04. The smallest absolute Gasteiger partial charge is 0.366 e. The number of fused-ring (bicyclic) bond motifs is 1. The van der Waals surface area contributed by atoms with Crippen molar-refractivity contribution in [1.82, 2.24) is 14.5 Å². The second-order valence-corrected chi connectivity index (χ2v) is 8.99. The number of nitrogens with zero attached hydrogens (tertiary/aromatic N) is 2. The highest BCUT2D eigenvalue weighted by atomic mass is 19.4. The minimum Gasteiger partial charge on any atom is -0.366 e. The average Bonchev–Trinajstić information content (AvgIpc) is 3.13. The molecular weight excluding hydrogens is 457 g/mol. The maximum absolute atomic E-state index is 13.0. The van der Waals surface area contributed by atoms with E-state index in [1.54, 1.807) is 6.07 Å². The third kappa shape index (κ3) is 4.58. The Balaban J connectivity index is 1.94. The van der Waals surface area contributed by atoms with Crippen LogP contribution in [0.25, 0.3) is 22.0 Å². The molecule has 182 valence electrons. The van der Waals surface area contributed by atoms with Crippen LogP contribution in [0.4, 0.5) is 13.2 Å². The Morgan fingerprint density at radius 3 is 2.40 bits per heavy atom. The van der Waals surface area contributed by atoms with Crippen LogP contribution in [0.1, 0.15) is 58.3 Å². The molecule has 35 heavy (non-hydrogen) atoms. The fraction of sp³-hybridized carbons (Fsp3) is 0.269. The van der Waals surface area contributed by atoms with Crippen molar-refractivity contribution in [3.63, 3.8) is 0 Å². The monoisotopic (exact) mass is 482 g/mol. The van der Waals surface area contributed by atoms with Crippen LogP contribution in [0.15, 0.2) is 47.5 Å². The molecule has 0 saturated carbocycles. The first-order chi connectivity index (χ1) is 16.4. The lowest BCUT2D eigenvalue weighted by atomic mass is 9.95. The van der Waals surface area contributed by atoms with E-state index in [2.05, 4.69) is 9.97 Å². The fourth-order valence-electron chi connectivity index (χ4n) is 4.42. The lowest BCUT2D eigenvalue weighted by Gasteiger charge is -2.13. The molecule has 0 bridgehead atoms. The lowest BCUT2D eigenvalue weighted by Crippen LogP contribution is -2.16. The molecule has 3 aromatic heterocycles. The van der Waals surface area contributed by atoms with Crippen molar-refractivity contribution in [1.29, 1.82) is 0 Å². The van der Waals surface area contributed by atoms with Gasteiger partial charge < -0.3 is 15.3 Å². The number of carbonyl (C=O) groups excluding carboxylic acids is 1. The number of H-pyrrole nitrogens is 1. The first kappa shape index (κ1) is 24.3. The lowest BCUT2D eigenvalue weighted by molar-refractivity contribution is -0.141. The van der Waals surface area contributed by atoms with Gasteiger partial charge in [-0.25, -0.2) is 0 Å². The summed E-state index contributed by atoms with van der Waals surface area (Å²) in [6.07, 6.45) is -1.23. The minimum absolute atomic E-state index is 0.00496. The molecule has 6 nitrogen and oxygen atoms in total. The maximum Gasteiger partial charge on any atom is 0.433 e. The largest absolute Gasteiger partial charge is 0.433 e. The van der Waals surface area contributed by atoms with Gasteiger partial charge in [-0.2, -0.15) is 13.2 Å². The Morgan fingerprint density at radius 1 is 1.14 bits per heavy atom. The molecule has 0 atom stereocenters. The molecule has 0 aliphatic rings. The molecule has 0 saturated heterocycles. The van der Waals surface area contributed by atoms with Gasteiger partial charge in [-0.3, -0.25) is 14.6 Å². The van der Waals surface area contributed by atoms with Crippen LogP contribution in [0, 0.1) is 13.8 Å². The standard InChI is InChI=1S/C26H25F3N4O2/c1-13(2)33-12-18(9-19-14(3)7-15(4)32-25(19)35)23-20(24(30)34)8-17(10-21(23)33)16-5-6-22(31-11-16)26(27,28)29/h5-8,10-13H,9H2,1-4H3,(H2,30,34)(H,32,35). The van der Waals surface area contributed by atoms with Gasteiger partial charge in [0.1, 0.15) is 5.69 Å². The molecular formula is C26H25F3N4O2. The quantitative estimate of drug-likeness (QED) is 0.404. The summed E-state index contributed by atoms with van der Waals surface area (Å²) in [6.45, 7) is 7.63. The first-order valence-electron chi connectivity index (χ1n) is 11.1. The normalized spacial score (nSPS) is 12.0. The van der Waals surface area contributed by atoms with E-state index in [0.717, 1.165) is 29.1 Å². The second-order valence-electron chi connectivity index (χ2n) is 8.99. The van der Waals surface area contributed by atoms with E-state index in [0.29, 0.717) is 34.0 Å². The molecule has 3 N–H and O–H groups in total. The second kappa shape index (κ2) is 8.72. The van der Waals surface area contributed by atoms with Crippen molar-refractivity contribution in [3.8, 4) is 11.1 Å². The van der Waals surface area contributed by atoms with E-state index in [4.69, 9.17) is 5.73 Å². The Morgan fingerprint density at radius 2 is 1.86 bits per heavy atom. The summed E-state index contributed by atoms with van der Waals surface area (Å²) < 4.78 is 40.8. The van der Waals surface area contributed by atoms with Crippen molar-refractivity contribution in [2.45, 2.75) is 46.3 Å². The number of carbonyl (C=O) groups is 1. The van der Waals surface area contributed by atoms with Crippen molar-refractivity contribution >= 4 is 16.8 Å². The number of hydrogen-bond acceptors (Lipinski definition) is 3.